The van der Waals surface area contributed by atoms with E-state index in [0.29, 0.717) is 22.5 Å². The predicted molar refractivity (Wildman–Crippen MR) is 137 cm³/mol. The first-order chi connectivity index (χ1) is 16.1. The molecule has 5 heteroatoms. The molecular formula is C29H30N2O3. The fourth-order valence-electron chi connectivity index (χ4n) is 3.90. The number of rotatable bonds is 6. The van der Waals surface area contributed by atoms with Crippen molar-refractivity contribution < 1.29 is 14.3 Å². The molecule has 3 aromatic carbocycles. The van der Waals surface area contributed by atoms with E-state index in [-0.39, 0.29) is 29.0 Å². The summed E-state index contributed by atoms with van der Waals surface area (Å²) in [4.78, 5) is 28.4. The molecule has 0 bridgehead atoms. The molecule has 4 rings (SSSR count). The van der Waals surface area contributed by atoms with Crippen LogP contribution in [0.1, 0.15) is 45.7 Å². The molecule has 0 spiro atoms. The van der Waals surface area contributed by atoms with E-state index in [1.807, 2.05) is 92.7 Å². The van der Waals surface area contributed by atoms with Crippen molar-refractivity contribution in [2.24, 2.45) is 0 Å². The first-order valence-electron chi connectivity index (χ1n) is 11.5. The fraction of sp³-hybridized carbons (Fsp3) is 0.241. The average molecular weight is 455 g/mol. The number of ether oxygens (including phenoxy) is 1. The third-order valence-electron chi connectivity index (χ3n) is 5.63. The number of carbonyl (C=O) groups excluding carboxylic acids is 2. The Labute approximate surface area is 201 Å². The van der Waals surface area contributed by atoms with Gasteiger partial charge in [0, 0.05) is 5.69 Å². The quantitative estimate of drug-likeness (QED) is 0.453. The van der Waals surface area contributed by atoms with Gasteiger partial charge in [-0.3, -0.25) is 9.59 Å². The zero-order valence-corrected chi connectivity index (χ0v) is 20.3. The van der Waals surface area contributed by atoms with Crippen LogP contribution in [-0.4, -0.2) is 17.9 Å². The lowest BCUT2D eigenvalue weighted by molar-refractivity contribution is -0.120. The molecule has 1 aliphatic rings. The summed E-state index contributed by atoms with van der Waals surface area (Å²) in [5.74, 6) is 0.0176. The Bertz CT molecular complexity index is 1220. The minimum absolute atomic E-state index is 0.0246. The standard InChI is InChI=1S/C29H30N2O3/c1-19(2)34-24-17-13-22(14-18-24)30-26-25(20-9-7-6-8-10-20)27(32)31(28(26)33)23-15-11-21(12-16-23)29(3,4)5/h6-19,30H,1-5H3. The van der Waals surface area contributed by atoms with E-state index < -0.39 is 0 Å². The van der Waals surface area contributed by atoms with Crippen molar-refractivity contribution >= 4 is 28.8 Å². The number of hydrogen-bond donors (Lipinski definition) is 1. The molecule has 0 aliphatic carbocycles. The number of nitrogens with one attached hydrogen (secondary N) is 1. The number of amides is 2. The smallest absolute Gasteiger partial charge is 0.282 e. The van der Waals surface area contributed by atoms with Crippen molar-refractivity contribution in [3.63, 3.8) is 0 Å². The molecule has 1 N–H and O–H groups in total. The maximum absolute atomic E-state index is 13.6. The fourth-order valence-corrected chi connectivity index (χ4v) is 3.90. The van der Waals surface area contributed by atoms with Crippen LogP contribution < -0.4 is 15.0 Å². The summed E-state index contributed by atoms with van der Waals surface area (Å²) in [5, 5.41) is 3.20. The van der Waals surface area contributed by atoms with Gasteiger partial charge in [-0.15, -0.1) is 0 Å². The summed E-state index contributed by atoms with van der Waals surface area (Å²) >= 11 is 0. The zero-order chi connectivity index (χ0) is 24.5. The van der Waals surface area contributed by atoms with Crippen molar-refractivity contribution in [2.75, 3.05) is 10.2 Å². The lowest BCUT2D eigenvalue weighted by Gasteiger charge is -2.21. The summed E-state index contributed by atoms with van der Waals surface area (Å²) in [6.45, 7) is 10.3. The molecule has 0 unspecified atom stereocenters. The van der Waals surface area contributed by atoms with Crippen LogP contribution in [0.2, 0.25) is 0 Å². The monoisotopic (exact) mass is 454 g/mol. The third-order valence-corrected chi connectivity index (χ3v) is 5.63. The van der Waals surface area contributed by atoms with Gasteiger partial charge < -0.3 is 10.1 Å². The summed E-state index contributed by atoms with van der Waals surface area (Å²) in [6, 6.07) is 24.3. The molecule has 174 valence electrons. The lowest BCUT2D eigenvalue weighted by Crippen LogP contribution is -2.32. The van der Waals surface area contributed by atoms with Gasteiger partial charge in [0.2, 0.25) is 0 Å². The highest BCUT2D eigenvalue weighted by Gasteiger charge is 2.40. The number of hydrogen-bond acceptors (Lipinski definition) is 4. The summed E-state index contributed by atoms with van der Waals surface area (Å²) < 4.78 is 5.71. The highest BCUT2D eigenvalue weighted by Crippen LogP contribution is 2.35. The first kappa shape index (κ1) is 23.3. The maximum Gasteiger partial charge on any atom is 0.282 e. The molecule has 0 fully saturated rings. The van der Waals surface area contributed by atoms with Crippen molar-refractivity contribution in [2.45, 2.75) is 46.1 Å². The van der Waals surface area contributed by atoms with E-state index in [9.17, 15) is 9.59 Å². The normalized spacial score (nSPS) is 14.2. The Morgan fingerprint density at radius 1 is 0.794 bits per heavy atom. The largest absolute Gasteiger partial charge is 0.491 e. The molecule has 0 saturated carbocycles. The summed E-state index contributed by atoms with van der Waals surface area (Å²) in [7, 11) is 0. The van der Waals surface area contributed by atoms with Crippen LogP contribution in [0.5, 0.6) is 5.75 Å². The van der Waals surface area contributed by atoms with E-state index in [0.717, 1.165) is 11.3 Å². The van der Waals surface area contributed by atoms with Gasteiger partial charge in [0.25, 0.3) is 11.8 Å². The van der Waals surface area contributed by atoms with Gasteiger partial charge in [0.15, 0.2) is 0 Å². The van der Waals surface area contributed by atoms with Crippen molar-refractivity contribution in [3.8, 4) is 5.75 Å². The van der Waals surface area contributed by atoms with E-state index in [2.05, 4.69) is 26.1 Å². The van der Waals surface area contributed by atoms with Gasteiger partial charge in [0.05, 0.1) is 17.4 Å². The maximum atomic E-state index is 13.6. The van der Waals surface area contributed by atoms with Crippen molar-refractivity contribution in [3.05, 3.63) is 95.7 Å². The molecule has 1 heterocycles. The molecule has 0 aromatic heterocycles. The second kappa shape index (κ2) is 9.18. The highest BCUT2D eigenvalue weighted by molar-refractivity contribution is 6.46. The van der Waals surface area contributed by atoms with Crippen LogP contribution in [0.15, 0.2) is 84.6 Å². The first-order valence-corrected chi connectivity index (χ1v) is 11.5. The van der Waals surface area contributed by atoms with E-state index in [1.165, 1.54) is 4.90 Å². The van der Waals surface area contributed by atoms with Crippen LogP contribution in [0.25, 0.3) is 5.57 Å². The highest BCUT2D eigenvalue weighted by atomic mass is 16.5. The van der Waals surface area contributed by atoms with Gasteiger partial charge in [-0.05, 0) is 66.8 Å². The number of benzene rings is 3. The minimum atomic E-state index is -0.380. The molecule has 0 saturated heterocycles. The summed E-state index contributed by atoms with van der Waals surface area (Å²) in [5.41, 5.74) is 3.66. The Kier molecular flexibility index (Phi) is 6.29. The van der Waals surface area contributed by atoms with Gasteiger partial charge in [-0.25, -0.2) is 4.90 Å². The van der Waals surface area contributed by atoms with E-state index in [1.54, 1.807) is 0 Å². The van der Waals surface area contributed by atoms with Crippen LogP contribution in [0.4, 0.5) is 11.4 Å². The van der Waals surface area contributed by atoms with E-state index in [4.69, 9.17) is 4.74 Å². The number of carbonyl (C=O) groups is 2. The topological polar surface area (TPSA) is 58.6 Å². The summed E-state index contributed by atoms with van der Waals surface area (Å²) in [6.07, 6.45) is 0.0680. The zero-order valence-electron chi connectivity index (χ0n) is 20.3. The SMILES string of the molecule is CC(C)Oc1ccc(NC2=C(c3ccccc3)C(=O)N(c3ccc(C(C)(C)C)cc3)C2=O)cc1. The molecule has 1 aliphatic heterocycles. The second-order valence-corrected chi connectivity index (χ2v) is 9.67. The Morgan fingerprint density at radius 2 is 1.41 bits per heavy atom. The number of nitrogens with zero attached hydrogens (tertiary/aromatic N) is 1. The molecule has 2 amide bonds. The van der Waals surface area contributed by atoms with Gasteiger partial charge in [0.1, 0.15) is 11.4 Å². The van der Waals surface area contributed by atoms with Gasteiger partial charge >= 0.3 is 0 Å². The molecule has 5 nitrogen and oxygen atoms in total. The second-order valence-electron chi connectivity index (χ2n) is 9.67. The Morgan fingerprint density at radius 3 is 1.97 bits per heavy atom. The third kappa shape index (κ3) is 4.74. The van der Waals surface area contributed by atoms with Crippen molar-refractivity contribution in [1.82, 2.24) is 0 Å². The minimum Gasteiger partial charge on any atom is -0.491 e. The molecular weight excluding hydrogens is 424 g/mol. The number of imide groups is 1. The average Bonchev–Trinajstić information content (AvgIpc) is 3.04. The van der Waals surface area contributed by atoms with Crippen LogP contribution >= 0.6 is 0 Å². The van der Waals surface area contributed by atoms with Gasteiger partial charge in [-0.2, -0.15) is 0 Å². The van der Waals surface area contributed by atoms with Crippen LogP contribution in [0.3, 0.4) is 0 Å². The lowest BCUT2D eigenvalue weighted by atomic mass is 9.87. The predicted octanol–water partition coefficient (Wildman–Crippen LogP) is 6.17. The number of anilines is 2. The molecule has 0 atom stereocenters. The molecule has 0 radical (unpaired) electrons. The van der Waals surface area contributed by atoms with Gasteiger partial charge in [-0.1, -0.05) is 63.2 Å². The molecule has 34 heavy (non-hydrogen) atoms. The molecule has 3 aromatic rings. The van der Waals surface area contributed by atoms with E-state index >= 15 is 0 Å². The van der Waals surface area contributed by atoms with Crippen LogP contribution in [-0.2, 0) is 15.0 Å². The Hall–Kier alpha value is -3.86. The Balaban J connectivity index is 1.70. The van der Waals surface area contributed by atoms with Crippen molar-refractivity contribution in [1.29, 1.82) is 0 Å². The van der Waals surface area contributed by atoms with Crippen LogP contribution in [0, 0.1) is 0 Å².